The van der Waals surface area contributed by atoms with Gasteiger partial charge in [-0.3, -0.25) is 9.78 Å². The minimum Gasteiger partial charge on any atom is -0.347 e. The van der Waals surface area contributed by atoms with E-state index in [9.17, 15) is 13.6 Å². The predicted octanol–water partition coefficient (Wildman–Crippen LogP) is 1.83. The number of rotatable bonds is 11. The van der Waals surface area contributed by atoms with Crippen LogP contribution in [-0.4, -0.2) is 36.4 Å². The van der Waals surface area contributed by atoms with Crippen LogP contribution in [0.3, 0.4) is 0 Å². The number of nitrogens with zero attached hydrogens (tertiary/aromatic N) is 1. The molecule has 0 saturated heterocycles. The molecule has 0 radical (unpaired) electrons. The van der Waals surface area contributed by atoms with E-state index in [0.717, 1.165) is 43.7 Å². The highest BCUT2D eigenvalue weighted by Crippen LogP contribution is 2.11. The molecule has 0 bridgehead atoms. The minimum atomic E-state index is -3.36. The molecule has 7 heteroatoms. The zero-order chi connectivity index (χ0) is 17.1. The number of amides is 1. The van der Waals surface area contributed by atoms with Gasteiger partial charge in [0, 0.05) is 26.2 Å². The lowest BCUT2D eigenvalue weighted by Crippen LogP contribution is -2.37. The van der Waals surface area contributed by atoms with E-state index in [4.69, 9.17) is 0 Å². The topological polar surface area (TPSA) is 66.0 Å². The molecule has 1 rings (SSSR count). The van der Waals surface area contributed by atoms with Crippen LogP contribution in [0.15, 0.2) is 18.3 Å². The molecule has 1 heterocycles. The van der Waals surface area contributed by atoms with Crippen molar-refractivity contribution in [2.45, 2.75) is 45.7 Å². The van der Waals surface area contributed by atoms with Crippen LogP contribution in [0.25, 0.3) is 0 Å². The van der Waals surface area contributed by atoms with Gasteiger partial charge in [0.05, 0.1) is 5.69 Å². The SMILES string of the molecule is CCNCCCCNCc1cc(CNC(=O)C(C)(F)F)ccn1. The Hall–Kier alpha value is -1.60. The standard InChI is InChI=1S/C16H26F2N4O/c1-3-19-7-4-5-8-20-12-14-10-13(6-9-21-14)11-22-15(23)16(2,17)18/h6,9-10,19-20H,3-5,7-8,11-12H2,1-2H3,(H,22,23). The molecule has 1 amide bonds. The van der Waals surface area contributed by atoms with Gasteiger partial charge in [0.15, 0.2) is 0 Å². The van der Waals surface area contributed by atoms with Crippen molar-refractivity contribution in [3.8, 4) is 0 Å². The minimum absolute atomic E-state index is 0.0699. The average Bonchev–Trinajstić information content (AvgIpc) is 2.51. The third-order valence-corrected chi connectivity index (χ3v) is 3.25. The van der Waals surface area contributed by atoms with Crippen molar-refractivity contribution in [2.75, 3.05) is 19.6 Å². The fraction of sp³-hybridized carbons (Fsp3) is 0.625. The molecule has 0 fully saturated rings. The molecule has 0 atom stereocenters. The number of nitrogens with one attached hydrogen (secondary N) is 3. The monoisotopic (exact) mass is 328 g/mol. The maximum absolute atomic E-state index is 12.8. The van der Waals surface area contributed by atoms with Gasteiger partial charge in [0.1, 0.15) is 0 Å². The van der Waals surface area contributed by atoms with Crippen molar-refractivity contribution in [3.05, 3.63) is 29.6 Å². The molecule has 23 heavy (non-hydrogen) atoms. The molecular formula is C16H26F2N4O. The van der Waals surface area contributed by atoms with Crippen molar-refractivity contribution in [2.24, 2.45) is 0 Å². The summed E-state index contributed by atoms with van der Waals surface area (Å²) in [6, 6.07) is 3.51. The van der Waals surface area contributed by atoms with E-state index in [1.54, 1.807) is 18.3 Å². The molecule has 3 N–H and O–H groups in total. The highest BCUT2D eigenvalue weighted by molar-refractivity contribution is 5.82. The van der Waals surface area contributed by atoms with E-state index in [2.05, 4.69) is 27.9 Å². The molecule has 1 aromatic rings. The molecule has 0 saturated carbocycles. The van der Waals surface area contributed by atoms with Crippen LogP contribution < -0.4 is 16.0 Å². The second kappa shape index (κ2) is 10.2. The Morgan fingerprint density at radius 1 is 1.22 bits per heavy atom. The van der Waals surface area contributed by atoms with E-state index >= 15 is 0 Å². The molecule has 0 aliphatic rings. The molecule has 130 valence electrons. The molecule has 1 aromatic heterocycles. The Morgan fingerprint density at radius 3 is 2.57 bits per heavy atom. The summed E-state index contributed by atoms with van der Waals surface area (Å²) < 4.78 is 25.6. The number of unbranched alkanes of at least 4 members (excludes halogenated alkanes) is 1. The number of aromatic nitrogens is 1. The normalized spacial score (nSPS) is 11.5. The first kappa shape index (κ1) is 19.4. The molecule has 5 nitrogen and oxygen atoms in total. The largest absolute Gasteiger partial charge is 0.347 e. The number of alkyl halides is 2. The summed E-state index contributed by atoms with van der Waals surface area (Å²) in [6.07, 6.45) is 3.81. The summed E-state index contributed by atoms with van der Waals surface area (Å²) >= 11 is 0. The van der Waals surface area contributed by atoms with E-state index in [1.807, 2.05) is 0 Å². The van der Waals surface area contributed by atoms with Crippen LogP contribution in [0, 0.1) is 0 Å². The Labute approximate surface area is 136 Å². The second-order valence-electron chi connectivity index (χ2n) is 5.46. The van der Waals surface area contributed by atoms with Crippen LogP contribution in [-0.2, 0) is 17.9 Å². The summed E-state index contributed by atoms with van der Waals surface area (Å²) in [4.78, 5) is 15.4. The maximum Gasteiger partial charge on any atom is 0.321 e. The predicted molar refractivity (Wildman–Crippen MR) is 86.2 cm³/mol. The summed E-state index contributed by atoms with van der Waals surface area (Å²) in [7, 11) is 0. The molecule has 0 spiro atoms. The maximum atomic E-state index is 12.8. The quantitative estimate of drug-likeness (QED) is 0.542. The second-order valence-corrected chi connectivity index (χ2v) is 5.46. The van der Waals surface area contributed by atoms with E-state index in [1.165, 1.54) is 0 Å². The van der Waals surface area contributed by atoms with Gasteiger partial charge in [0.25, 0.3) is 5.91 Å². The fourth-order valence-corrected chi connectivity index (χ4v) is 1.97. The average molecular weight is 328 g/mol. The van der Waals surface area contributed by atoms with Crippen molar-refractivity contribution < 1.29 is 13.6 Å². The van der Waals surface area contributed by atoms with Gasteiger partial charge in [-0.2, -0.15) is 8.78 Å². The number of pyridine rings is 1. The first-order valence-electron chi connectivity index (χ1n) is 7.95. The van der Waals surface area contributed by atoms with Crippen molar-refractivity contribution in [1.29, 1.82) is 0 Å². The molecule has 0 aliphatic carbocycles. The van der Waals surface area contributed by atoms with Crippen LogP contribution >= 0.6 is 0 Å². The lowest BCUT2D eigenvalue weighted by molar-refractivity contribution is -0.143. The summed E-state index contributed by atoms with van der Waals surface area (Å²) in [5, 5.41) is 8.79. The fourth-order valence-electron chi connectivity index (χ4n) is 1.97. The molecule has 0 aromatic carbocycles. The third kappa shape index (κ3) is 8.56. The number of carbonyl (C=O) groups is 1. The summed E-state index contributed by atoms with van der Waals surface area (Å²) in [5.41, 5.74) is 1.58. The third-order valence-electron chi connectivity index (χ3n) is 3.25. The number of carbonyl (C=O) groups excluding carboxylic acids is 1. The van der Waals surface area contributed by atoms with Gasteiger partial charge in [0.2, 0.25) is 0 Å². The number of hydrogen-bond donors (Lipinski definition) is 3. The van der Waals surface area contributed by atoms with Gasteiger partial charge in [-0.25, -0.2) is 0 Å². The highest BCUT2D eigenvalue weighted by Gasteiger charge is 2.31. The Kier molecular flexibility index (Phi) is 8.65. The zero-order valence-electron chi connectivity index (χ0n) is 13.8. The van der Waals surface area contributed by atoms with Gasteiger partial charge in [-0.15, -0.1) is 0 Å². The van der Waals surface area contributed by atoms with E-state index in [0.29, 0.717) is 13.5 Å². The Balaban J connectivity index is 2.29. The molecular weight excluding hydrogens is 302 g/mol. The first-order valence-corrected chi connectivity index (χ1v) is 7.95. The van der Waals surface area contributed by atoms with Crippen LogP contribution in [0.2, 0.25) is 0 Å². The number of halogens is 2. The molecule has 0 aliphatic heterocycles. The summed E-state index contributed by atoms with van der Waals surface area (Å²) in [6.45, 7) is 6.27. The molecule has 0 unspecified atom stereocenters. The van der Waals surface area contributed by atoms with E-state index < -0.39 is 11.8 Å². The van der Waals surface area contributed by atoms with Gasteiger partial charge in [-0.1, -0.05) is 6.92 Å². The smallest absolute Gasteiger partial charge is 0.321 e. The van der Waals surface area contributed by atoms with Crippen molar-refractivity contribution >= 4 is 5.91 Å². The Bertz CT molecular complexity index is 477. The lowest BCUT2D eigenvalue weighted by Gasteiger charge is -2.11. The van der Waals surface area contributed by atoms with Crippen molar-refractivity contribution in [1.82, 2.24) is 20.9 Å². The first-order chi connectivity index (χ1) is 10.9. The number of hydrogen-bond acceptors (Lipinski definition) is 4. The zero-order valence-corrected chi connectivity index (χ0v) is 13.8. The highest BCUT2D eigenvalue weighted by atomic mass is 19.3. The van der Waals surface area contributed by atoms with Crippen molar-refractivity contribution in [3.63, 3.8) is 0 Å². The van der Waals surface area contributed by atoms with E-state index in [-0.39, 0.29) is 6.54 Å². The van der Waals surface area contributed by atoms with Crippen LogP contribution in [0.1, 0.15) is 37.9 Å². The van der Waals surface area contributed by atoms with Gasteiger partial charge in [-0.05, 0) is 50.2 Å². The van der Waals surface area contributed by atoms with Crippen LogP contribution in [0.5, 0.6) is 0 Å². The summed E-state index contributed by atoms with van der Waals surface area (Å²) in [5.74, 6) is -4.63. The lowest BCUT2D eigenvalue weighted by atomic mass is 10.2. The van der Waals surface area contributed by atoms with Crippen LogP contribution in [0.4, 0.5) is 8.78 Å². The van der Waals surface area contributed by atoms with Gasteiger partial charge < -0.3 is 16.0 Å². The van der Waals surface area contributed by atoms with Gasteiger partial charge >= 0.3 is 5.92 Å². The Morgan fingerprint density at radius 2 is 1.91 bits per heavy atom.